The number of sulfonamides is 1. The predicted molar refractivity (Wildman–Crippen MR) is 111 cm³/mol. The van der Waals surface area contributed by atoms with Crippen LogP contribution in [-0.2, 0) is 35.7 Å². The monoisotopic (exact) mass is 403 g/mol. The maximum atomic E-state index is 12.5. The van der Waals surface area contributed by atoms with Crippen molar-refractivity contribution in [3.8, 4) is 0 Å². The van der Waals surface area contributed by atoms with Gasteiger partial charge < -0.3 is 5.32 Å². The average Bonchev–Trinajstić information content (AvgIpc) is 3.34. The SMILES string of the molecule is CN1CCCC1(C)C=CS(=O)(=O)NC(=O)Nc1c2c(cc3c1CCC3)CCC2. The first-order valence-corrected chi connectivity index (χ1v) is 11.7. The van der Waals surface area contributed by atoms with Crippen molar-refractivity contribution >= 4 is 21.7 Å². The fourth-order valence-corrected chi connectivity index (χ4v) is 5.69. The van der Waals surface area contributed by atoms with Gasteiger partial charge >= 0.3 is 6.03 Å². The summed E-state index contributed by atoms with van der Waals surface area (Å²) in [6.07, 6.45) is 9.75. The summed E-state index contributed by atoms with van der Waals surface area (Å²) in [6.45, 7) is 2.96. The van der Waals surface area contributed by atoms with Crippen LogP contribution in [0.4, 0.5) is 10.5 Å². The number of nitrogens with zero attached hydrogens (tertiary/aromatic N) is 1. The second-order valence-electron chi connectivity index (χ2n) is 8.52. The largest absolute Gasteiger partial charge is 0.333 e. The van der Waals surface area contributed by atoms with Crippen LogP contribution >= 0.6 is 0 Å². The van der Waals surface area contributed by atoms with Crippen molar-refractivity contribution in [1.29, 1.82) is 0 Å². The Kier molecular flexibility index (Phi) is 5.00. The van der Waals surface area contributed by atoms with E-state index in [1.54, 1.807) is 6.08 Å². The number of likely N-dealkylation sites (tertiary alicyclic amines) is 1. The number of aryl methyl sites for hydroxylation is 2. The van der Waals surface area contributed by atoms with Crippen molar-refractivity contribution in [2.24, 2.45) is 0 Å². The molecule has 1 atom stereocenters. The quantitative estimate of drug-likeness (QED) is 0.810. The summed E-state index contributed by atoms with van der Waals surface area (Å²) >= 11 is 0. The van der Waals surface area contributed by atoms with E-state index in [1.807, 2.05) is 14.0 Å². The summed E-state index contributed by atoms with van der Waals surface area (Å²) in [5.74, 6) is 0. The Balaban J connectivity index is 1.50. The van der Waals surface area contributed by atoms with Gasteiger partial charge in [0.15, 0.2) is 0 Å². The van der Waals surface area contributed by atoms with Gasteiger partial charge in [-0.15, -0.1) is 0 Å². The Bertz CT molecular complexity index is 906. The molecule has 2 N–H and O–H groups in total. The Labute approximate surface area is 167 Å². The minimum Gasteiger partial charge on any atom is -0.307 e. The summed E-state index contributed by atoms with van der Waals surface area (Å²) < 4.78 is 27.0. The molecule has 1 aliphatic heterocycles. The van der Waals surface area contributed by atoms with Crippen molar-refractivity contribution in [2.75, 3.05) is 18.9 Å². The van der Waals surface area contributed by atoms with Crippen LogP contribution in [0, 0.1) is 0 Å². The highest BCUT2D eigenvalue weighted by atomic mass is 32.2. The van der Waals surface area contributed by atoms with E-state index in [0.29, 0.717) is 0 Å². The van der Waals surface area contributed by atoms with Crippen LogP contribution in [0.2, 0.25) is 0 Å². The molecule has 0 spiro atoms. The third kappa shape index (κ3) is 3.70. The Morgan fingerprint density at radius 3 is 2.32 bits per heavy atom. The highest BCUT2D eigenvalue weighted by Crippen LogP contribution is 2.38. The molecule has 2 aliphatic carbocycles. The van der Waals surface area contributed by atoms with Gasteiger partial charge in [-0.2, -0.15) is 0 Å². The van der Waals surface area contributed by atoms with Crippen LogP contribution in [0.15, 0.2) is 17.6 Å². The number of anilines is 1. The zero-order valence-electron chi connectivity index (χ0n) is 16.7. The lowest BCUT2D eigenvalue weighted by Gasteiger charge is -2.28. The van der Waals surface area contributed by atoms with E-state index < -0.39 is 16.1 Å². The summed E-state index contributed by atoms with van der Waals surface area (Å²) in [5.41, 5.74) is 5.54. The molecule has 6 nitrogen and oxygen atoms in total. The molecule has 1 unspecified atom stereocenters. The van der Waals surface area contributed by atoms with Gasteiger partial charge in [0.2, 0.25) is 0 Å². The molecule has 0 saturated carbocycles. The van der Waals surface area contributed by atoms with Gasteiger partial charge in [0.1, 0.15) is 0 Å². The molecule has 7 heteroatoms. The number of nitrogens with one attached hydrogen (secondary N) is 2. The number of hydrogen-bond donors (Lipinski definition) is 2. The Morgan fingerprint density at radius 1 is 1.11 bits per heavy atom. The third-order valence-corrected chi connectivity index (χ3v) is 7.57. The van der Waals surface area contributed by atoms with Gasteiger partial charge in [-0.1, -0.05) is 12.1 Å². The molecule has 1 aromatic carbocycles. The van der Waals surface area contributed by atoms with E-state index >= 15 is 0 Å². The zero-order valence-corrected chi connectivity index (χ0v) is 17.5. The van der Waals surface area contributed by atoms with Crippen molar-refractivity contribution in [3.63, 3.8) is 0 Å². The van der Waals surface area contributed by atoms with Crippen LogP contribution in [-0.4, -0.2) is 38.5 Å². The first-order valence-electron chi connectivity index (χ1n) is 10.2. The van der Waals surface area contributed by atoms with Gasteiger partial charge in [-0.3, -0.25) is 4.90 Å². The van der Waals surface area contributed by atoms with E-state index in [0.717, 1.165) is 69.0 Å². The lowest BCUT2D eigenvalue weighted by molar-refractivity contribution is 0.251. The number of hydrogen-bond acceptors (Lipinski definition) is 4. The second kappa shape index (κ2) is 7.19. The van der Waals surface area contributed by atoms with E-state index in [1.165, 1.54) is 22.3 Å². The number of carbonyl (C=O) groups excluding carboxylic acids is 1. The fraction of sp³-hybridized carbons (Fsp3) is 0.571. The smallest absolute Gasteiger partial charge is 0.307 e. The molecule has 1 saturated heterocycles. The van der Waals surface area contributed by atoms with Crippen molar-refractivity contribution in [2.45, 2.75) is 63.8 Å². The first kappa shape index (κ1) is 19.5. The van der Waals surface area contributed by atoms with Gasteiger partial charge in [-0.05, 0) is 94.1 Å². The molecular formula is C21H29N3O3S. The molecular weight excluding hydrogens is 374 g/mol. The van der Waals surface area contributed by atoms with Crippen molar-refractivity contribution in [3.05, 3.63) is 39.8 Å². The van der Waals surface area contributed by atoms with Gasteiger partial charge in [0.25, 0.3) is 10.0 Å². The normalized spacial score (nSPS) is 24.5. The molecule has 1 aromatic rings. The van der Waals surface area contributed by atoms with E-state index in [2.05, 4.69) is 21.0 Å². The van der Waals surface area contributed by atoms with Gasteiger partial charge in [0, 0.05) is 16.6 Å². The molecule has 152 valence electrons. The lowest BCUT2D eigenvalue weighted by atomic mass is 9.99. The summed E-state index contributed by atoms with van der Waals surface area (Å²) in [5, 5.41) is 4.00. The number of rotatable bonds is 4. The van der Waals surface area contributed by atoms with Crippen molar-refractivity contribution < 1.29 is 13.2 Å². The van der Waals surface area contributed by atoms with Crippen LogP contribution in [0.25, 0.3) is 0 Å². The maximum absolute atomic E-state index is 12.5. The first-order chi connectivity index (χ1) is 13.3. The number of likely N-dealkylation sites (N-methyl/N-ethyl adjacent to an activating group) is 1. The standard InChI is InChI=1S/C21H29N3O3S/c1-21(10-5-12-24(21)2)11-13-28(26,27)23-20(25)22-19-17-8-3-6-15(17)14-16-7-4-9-18(16)19/h11,13-14H,3-10,12H2,1-2H3,(H2,22,23,25). The molecule has 1 fully saturated rings. The molecule has 2 amide bonds. The zero-order chi connectivity index (χ0) is 19.9. The van der Waals surface area contributed by atoms with Crippen molar-refractivity contribution in [1.82, 2.24) is 9.62 Å². The van der Waals surface area contributed by atoms with Crippen LogP contribution in [0.3, 0.4) is 0 Å². The lowest BCUT2D eigenvalue weighted by Crippen LogP contribution is -2.37. The fourth-order valence-electron chi connectivity index (χ4n) is 4.84. The maximum Gasteiger partial charge on any atom is 0.333 e. The molecule has 0 bridgehead atoms. The molecule has 28 heavy (non-hydrogen) atoms. The number of urea groups is 1. The molecule has 3 aliphatic rings. The van der Waals surface area contributed by atoms with Crippen LogP contribution in [0.1, 0.15) is 54.9 Å². The van der Waals surface area contributed by atoms with Gasteiger partial charge in [-0.25, -0.2) is 17.9 Å². The highest BCUT2D eigenvalue weighted by molar-refractivity contribution is 7.92. The minimum atomic E-state index is -3.85. The summed E-state index contributed by atoms with van der Waals surface area (Å²) in [4.78, 5) is 14.7. The van der Waals surface area contributed by atoms with Gasteiger partial charge in [0.05, 0.1) is 0 Å². The topological polar surface area (TPSA) is 78.5 Å². The number of benzene rings is 1. The molecule has 1 heterocycles. The Morgan fingerprint density at radius 2 is 1.75 bits per heavy atom. The highest BCUT2D eigenvalue weighted by Gasteiger charge is 2.32. The van der Waals surface area contributed by atoms with Crippen LogP contribution < -0.4 is 10.0 Å². The number of carbonyl (C=O) groups is 1. The average molecular weight is 404 g/mol. The molecule has 0 aromatic heterocycles. The van der Waals surface area contributed by atoms with E-state index in [4.69, 9.17) is 0 Å². The summed E-state index contributed by atoms with van der Waals surface area (Å²) in [7, 11) is -1.86. The number of fused-ring (bicyclic) bond motifs is 2. The van der Waals surface area contributed by atoms with E-state index in [9.17, 15) is 13.2 Å². The second-order valence-corrected chi connectivity index (χ2v) is 10.1. The predicted octanol–water partition coefficient (Wildman–Crippen LogP) is 3.11. The van der Waals surface area contributed by atoms with Crippen LogP contribution in [0.5, 0.6) is 0 Å². The third-order valence-electron chi connectivity index (χ3n) is 6.60. The minimum absolute atomic E-state index is 0.285. The van der Waals surface area contributed by atoms with E-state index in [-0.39, 0.29) is 5.54 Å². The molecule has 4 rings (SSSR count). The number of amides is 2. The molecule has 0 radical (unpaired) electrons. The summed E-state index contributed by atoms with van der Waals surface area (Å²) in [6, 6.07) is 1.61. The Hall–Kier alpha value is -1.86.